The number of anilines is 2. The normalized spacial score (nSPS) is 15.2. The standard InChI is InChI=1S/C28H32N4.C2HF3O2/c1-7-17-29-25-15-21-31(27-13-5-3-11-23(25)27)19-9-2-10-20-32-22-16-26(30-18-8-1)24-12-4-6-14-28(24)32;3-2(4,5)1(6)7/h3-6,11-16,21-22H,1-2,7-10,17-20H2;(H,6,7)/p+1. The molecule has 6 nitrogen and oxygen atoms in total. The van der Waals surface area contributed by atoms with Gasteiger partial charge in [-0.05, 0) is 37.8 Å². The molecule has 4 bridgehead atoms. The first-order valence-corrected chi connectivity index (χ1v) is 13.4. The zero-order chi connectivity index (χ0) is 27.7. The molecule has 0 atom stereocenters. The summed E-state index contributed by atoms with van der Waals surface area (Å²) in [6.07, 6.45) is 6.51. The number of carboxylic acid groups (broad SMARTS) is 1. The summed E-state index contributed by atoms with van der Waals surface area (Å²) in [5, 5.41) is 18.8. The van der Waals surface area contributed by atoms with Crippen LogP contribution >= 0.6 is 0 Å². The average Bonchev–Trinajstić information content (AvgIpc) is 2.93. The molecule has 2 aliphatic rings. The minimum absolute atomic E-state index is 1.02. The summed E-state index contributed by atoms with van der Waals surface area (Å²) in [5.74, 6) is -3.01. The number of hydrogen-bond donors (Lipinski definition) is 2. The maximum absolute atomic E-state index is 10.5. The van der Waals surface area contributed by atoms with Crippen LogP contribution in [-0.2, 0) is 17.9 Å². The Morgan fingerprint density at radius 2 is 1.08 bits per heavy atom. The van der Waals surface area contributed by atoms with E-state index in [9.17, 15) is 13.2 Å². The van der Waals surface area contributed by atoms with E-state index in [1.54, 1.807) is 0 Å². The molecule has 2 N–H and O–H groups in total. The summed E-state index contributed by atoms with van der Waals surface area (Å²) in [4.78, 5) is 8.78. The summed E-state index contributed by atoms with van der Waals surface area (Å²) in [6.45, 7) is 4.16. The number of carbonyl (C=O) groups excluding carboxylic acids is 1. The minimum atomic E-state index is -5.19. The Balaban J connectivity index is 0.000000448. The third-order valence-electron chi connectivity index (χ3n) is 6.86. The number of nitrogens with one attached hydrogen (secondary N) is 2. The van der Waals surface area contributed by atoms with Crippen LogP contribution < -0.4 is 24.9 Å². The molecule has 4 aromatic rings. The molecule has 0 amide bonds. The fraction of sp³-hybridized carbons (Fsp3) is 0.367. The number of alkyl halides is 3. The highest BCUT2D eigenvalue weighted by atomic mass is 19.4. The molecule has 2 aromatic heterocycles. The van der Waals surface area contributed by atoms with E-state index in [4.69, 9.17) is 9.90 Å². The van der Waals surface area contributed by atoms with Crippen LogP contribution in [0.15, 0.2) is 73.1 Å². The number of pyridine rings is 2. The number of para-hydroxylation sites is 2. The average molecular weight is 540 g/mol. The number of aromatic nitrogens is 2. The Bertz CT molecular complexity index is 1320. The van der Waals surface area contributed by atoms with Gasteiger partial charge in [-0.1, -0.05) is 24.3 Å². The Morgan fingerprint density at radius 1 is 0.667 bits per heavy atom. The fourth-order valence-corrected chi connectivity index (χ4v) is 4.89. The van der Waals surface area contributed by atoms with E-state index in [1.807, 2.05) is 0 Å². The molecule has 206 valence electrons. The van der Waals surface area contributed by atoms with Crippen LogP contribution in [0.2, 0.25) is 0 Å². The van der Waals surface area contributed by atoms with Crippen molar-refractivity contribution in [3.63, 3.8) is 0 Å². The van der Waals surface area contributed by atoms with Crippen LogP contribution in [0.1, 0.15) is 38.5 Å². The fourth-order valence-electron chi connectivity index (χ4n) is 4.89. The number of nitrogens with zero attached hydrogens (tertiary/aromatic N) is 2. The van der Waals surface area contributed by atoms with Crippen molar-refractivity contribution in [1.29, 1.82) is 0 Å². The summed E-state index contributed by atoms with van der Waals surface area (Å²) < 4.78 is 36.4. The number of benzene rings is 2. The van der Waals surface area contributed by atoms with Crippen LogP contribution in [0, 0.1) is 0 Å². The Kier molecular flexibility index (Phi) is 9.57. The van der Waals surface area contributed by atoms with Crippen molar-refractivity contribution in [2.45, 2.75) is 57.8 Å². The Labute approximate surface area is 226 Å². The van der Waals surface area contributed by atoms with E-state index in [-0.39, 0.29) is 0 Å². The van der Waals surface area contributed by atoms with Gasteiger partial charge in [0.15, 0.2) is 12.4 Å². The molecule has 0 saturated heterocycles. The van der Waals surface area contributed by atoms with Gasteiger partial charge in [-0.3, -0.25) is 0 Å². The lowest BCUT2D eigenvalue weighted by atomic mass is 10.1. The van der Waals surface area contributed by atoms with Gasteiger partial charge < -0.3 is 20.5 Å². The van der Waals surface area contributed by atoms with Crippen molar-refractivity contribution in [2.75, 3.05) is 23.7 Å². The Morgan fingerprint density at radius 3 is 1.51 bits per heavy atom. The minimum Gasteiger partial charge on any atom is -0.542 e. The van der Waals surface area contributed by atoms with Gasteiger partial charge in [0, 0.05) is 50.2 Å². The van der Waals surface area contributed by atoms with Gasteiger partial charge in [-0.15, -0.1) is 0 Å². The maximum Gasteiger partial charge on any atom is 0.430 e. The monoisotopic (exact) mass is 539 g/mol. The van der Waals surface area contributed by atoms with E-state index in [1.165, 1.54) is 71.7 Å². The second-order valence-corrected chi connectivity index (χ2v) is 9.64. The third kappa shape index (κ3) is 7.59. The smallest absolute Gasteiger partial charge is 0.430 e. The van der Waals surface area contributed by atoms with E-state index >= 15 is 0 Å². The number of aliphatic carboxylic acids is 1. The number of fused-ring (bicyclic) bond motifs is 12. The van der Waals surface area contributed by atoms with Gasteiger partial charge in [-0.2, -0.15) is 22.3 Å². The number of carbonyl (C=O) groups is 1. The molecular formula is C30H34F3N4O2+. The van der Waals surface area contributed by atoms with Crippen LogP contribution in [0.5, 0.6) is 0 Å². The lowest BCUT2D eigenvalue weighted by molar-refractivity contribution is -0.675. The molecule has 0 saturated carbocycles. The second-order valence-electron chi connectivity index (χ2n) is 9.64. The number of aryl methyl sites for hydroxylation is 2. The quantitative estimate of drug-likeness (QED) is 0.317. The predicted molar refractivity (Wildman–Crippen MR) is 144 cm³/mol. The van der Waals surface area contributed by atoms with E-state index in [2.05, 4.69) is 92.8 Å². The number of rotatable bonds is 0. The van der Waals surface area contributed by atoms with Crippen molar-refractivity contribution < 1.29 is 32.2 Å². The number of hydrogen-bond acceptors (Lipinski definition) is 4. The Hall–Kier alpha value is -3.88. The van der Waals surface area contributed by atoms with Crippen LogP contribution in [0.3, 0.4) is 0 Å². The molecule has 2 aliphatic heterocycles. The van der Waals surface area contributed by atoms with Crippen LogP contribution in [0.25, 0.3) is 21.8 Å². The summed E-state index contributed by atoms with van der Waals surface area (Å²) in [5.41, 5.74) is 5.16. The summed E-state index contributed by atoms with van der Waals surface area (Å²) in [6, 6.07) is 22.1. The number of halogens is 3. The van der Waals surface area contributed by atoms with E-state index in [0.29, 0.717) is 0 Å². The molecule has 6 rings (SSSR count). The lowest BCUT2D eigenvalue weighted by Gasteiger charge is -2.12. The van der Waals surface area contributed by atoms with Crippen molar-refractivity contribution in [2.24, 2.45) is 0 Å². The van der Waals surface area contributed by atoms with Gasteiger partial charge in [-0.25, -0.2) is 0 Å². The zero-order valence-electron chi connectivity index (χ0n) is 21.8. The van der Waals surface area contributed by atoms with Crippen molar-refractivity contribution in [3.8, 4) is 0 Å². The van der Waals surface area contributed by atoms with E-state index in [0.717, 1.165) is 26.2 Å². The van der Waals surface area contributed by atoms with Crippen molar-refractivity contribution in [3.05, 3.63) is 73.1 Å². The topological polar surface area (TPSA) is 72.0 Å². The molecule has 0 radical (unpaired) electrons. The van der Waals surface area contributed by atoms with Gasteiger partial charge in [0.2, 0.25) is 11.0 Å². The summed E-state index contributed by atoms with van der Waals surface area (Å²) in [7, 11) is 0. The first-order valence-electron chi connectivity index (χ1n) is 13.4. The molecular weight excluding hydrogens is 505 g/mol. The molecule has 39 heavy (non-hydrogen) atoms. The molecule has 2 aromatic carbocycles. The SMILES string of the molecule is O=C([O-])C(F)(F)F.c1ccc2c(c1)c1cc[n+]2CCCCC[n+]2ccc(c3ccccc32)NCCCCCN1. The van der Waals surface area contributed by atoms with Crippen LogP contribution in [-0.4, -0.2) is 25.2 Å². The molecule has 0 fully saturated rings. The highest BCUT2D eigenvalue weighted by Crippen LogP contribution is 2.22. The molecule has 9 heteroatoms. The highest BCUT2D eigenvalue weighted by molar-refractivity contribution is 5.89. The molecule has 0 unspecified atom stereocenters. The van der Waals surface area contributed by atoms with Gasteiger partial charge in [0.25, 0.3) is 0 Å². The van der Waals surface area contributed by atoms with E-state index < -0.39 is 12.1 Å². The third-order valence-corrected chi connectivity index (χ3v) is 6.86. The van der Waals surface area contributed by atoms with Crippen molar-refractivity contribution >= 4 is 39.1 Å². The summed E-state index contributed by atoms with van der Waals surface area (Å²) >= 11 is 0. The van der Waals surface area contributed by atoms with Gasteiger partial charge >= 0.3 is 6.18 Å². The lowest BCUT2D eigenvalue weighted by Crippen LogP contribution is -2.37. The van der Waals surface area contributed by atoms with Crippen molar-refractivity contribution in [1.82, 2.24) is 0 Å². The maximum atomic E-state index is 10.5. The number of carboxylic acids is 1. The van der Waals surface area contributed by atoms with Gasteiger partial charge in [0.05, 0.1) is 22.1 Å². The predicted octanol–water partition coefficient (Wildman–Crippen LogP) is 4.74. The largest absolute Gasteiger partial charge is 0.542 e. The highest BCUT2D eigenvalue weighted by Gasteiger charge is 2.28. The first kappa shape index (κ1) is 28.1. The second kappa shape index (κ2) is 13.3. The molecule has 4 heterocycles. The first-order chi connectivity index (χ1) is 18.8. The zero-order valence-corrected chi connectivity index (χ0v) is 21.8. The molecule has 0 spiro atoms. The van der Waals surface area contributed by atoms with Gasteiger partial charge in [0.1, 0.15) is 19.1 Å². The molecule has 0 aliphatic carbocycles. The van der Waals surface area contributed by atoms with Crippen LogP contribution in [0.4, 0.5) is 24.5 Å².